The molecule has 0 saturated heterocycles. The Hall–Kier alpha value is -2.36. The lowest BCUT2D eigenvalue weighted by molar-refractivity contribution is -0.118. The molecule has 0 aliphatic heterocycles. The fourth-order valence-corrected chi connectivity index (χ4v) is 2.55. The average molecular weight is 286 g/mol. The molecule has 1 unspecified atom stereocenters. The van der Waals surface area contributed by atoms with E-state index >= 15 is 0 Å². The van der Waals surface area contributed by atoms with Gasteiger partial charge in [0, 0.05) is 5.69 Å². The molecule has 0 bridgehead atoms. The second-order valence-corrected chi connectivity index (χ2v) is 5.30. The summed E-state index contributed by atoms with van der Waals surface area (Å²) in [6.45, 7) is 5.65. The Morgan fingerprint density at radius 3 is 2.29 bits per heavy atom. The summed E-state index contributed by atoms with van der Waals surface area (Å²) in [6.07, 6.45) is 0. The van der Waals surface area contributed by atoms with Crippen LogP contribution in [0.15, 0.2) is 36.4 Å². The van der Waals surface area contributed by atoms with E-state index in [4.69, 9.17) is 5.73 Å². The third-order valence-electron chi connectivity index (χ3n) is 3.47. The number of aryl methyl sites for hydroxylation is 3. The number of hydrogen-bond acceptors (Lipinski definition) is 2. The largest absolute Gasteiger partial charge is 0.370 e. The van der Waals surface area contributed by atoms with Crippen LogP contribution in [0.2, 0.25) is 0 Å². The molecule has 2 aromatic carbocycles. The molecule has 3 N–H and O–H groups in total. The standard InChI is InChI=1S/C17H19FN2O/c1-10-7-13(18)9-14(8-10)20-16(17(19)21)15-11(2)5-4-6-12(15)3/h4-9,16,20H,1-3H3,(H2,19,21). The van der Waals surface area contributed by atoms with Gasteiger partial charge in [-0.15, -0.1) is 0 Å². The van der Waals surface area contributed by atoms with Gasteiger partial charge in [-0.3, -0.25) is 4.79 Å². The first kappa shape index (κ1) is 15.0. The molecule has 1 atom stereocenters. The zero-order valence-electron chi connectivity index (χ0n) is 12.4. The second-order valence-electron chi connectivity index (χ2n) is 5.30. The zero-order chi connectivity index (χ0) is 15.6. The first-order valence-corrected chi connectivity index (χ1v) is 6.77. The lowest BCUT2D eigenvalue weighted by Gasteiger charge is -2.21. The minimum atomic E-state index is -0.688. The minimum absolute atomic E-state index is 0.345. The molecule has 0 heterocycles. The van der Waals surface area contributed by atoms with E-state index in [1.807, 2.05) is 32.0 Å². The maximum Gasteiger partial charge on any atom is 0.244 e. The summed E-state index contributed by atoms with van der Waals surface area (Å²) in [5.74, 6) is -0.837. The van der Waals surface area contributed by atoms with Crippen LogP contribution in [0, 0.1) is 26.6 Å². The summed E-state index contributed by atoms with van der Waals surface area (Å²) in [5.41, 5.74) is 9.64. The SMILES string of the molecule is Cc1cc(F)cc(NC(C(N)=O)c2c(C)cccc2C)c1. The summed E-state index contributed by atoms with van der Waals surface area (Å²) in [5, 5.41) is 3.04. The fraction of sp³-hybridized carbons (Fsp3) is 0.235. The Balaban J connectivity index is 2.43. The van der Waals surface area contributed by atoms with Gasteiger partial charge in [-0.25, -0.2) is 4.39 Å². The number of hydrogen-bond donors (Lipinski definition) is 2. The Morgan fingerprint density at radius 2 is 1.76 bits per heavy atom. The molecule has 3 nitrogen and oxygen atoms in total. The van der Waals surface area contributed by atoms with Gasteiger partial charge in [0.2, 0.25) is 5.91 Å². The van der Waals surface area contributed by atoms with Crippen molar-refractivity contribution in [3.05, 3.63) is 64.5 Å². The molecular formula is C17H19FN2O. The highest BCUT2D eigenvalue weighted by atomic mass is 19.1. The molecule has 0 radical (unpaired) electrons. The van der Waals surface area contributed by atoms with Gasteiger partial charge in [-0.2, -0.15) is 0 Å². The van der Waals surface area contributed by atoms with Crippen molar-refractivity contribution in [1.82, 2.24) is 0 Å². The predicted molar refractivity (Wildman–Crippen MR) is 82.6 cm³/mol. The molecule has 110 valence electrons. The number of amides is 1. The Labute approximate surface area is 124 Å². The zero-order valence-corrected chi connectivity index (χ0v) is 12.4. The second kappa shape index (κ2) is 5.95. The number of nitrogens with two attached hydrogens (primary N) is 1. The number of carbonyl (C=O) groups excluding carboxylic acids is 1. The van der Waals surface area contributed by atoms with Gasteiger partial charge in [0.25, 0.3) is 0 Å². The third-order valence-corrected chi connectivity index (χ3v) is 3.47. The van der Waals surface area contributed by atoms with Crippen molar-refractivity contribution in [3.63, 3.8) is 0 Å². The monoisotopic (exact) mass is 286 g/mol. The van der Waals surface area contributed by atoms with Crippen molar-refractivity contribution in [3.8, 4) is 0 Å². The quantitative estimate of drug-likeness (QED) is 0.905. The molecule has 0 aromatic heterocycles. The number of halogens is 1. The van der Waals surface area contributed by atoms with Crippen molar-refractivity contribution in [2.75, 3.05) is 5.32 Å². The van der Waals surface area contributed by atoms with Crippen LogP contribution in [0.1, 0.15) is 28.3 Å². The molecule has 2 rings (SSSR count). The van der Waals surface area contributed by atoms with Gasteiger partial charge in [0.05, 0.1) is 0 Å². The Kier molecular flexibility index (Phi) is 4.26. The van der Waals surface area contributed by atoms with Crippen LogP contribution < -0.4 is 11.1 Å². The normalized spacial score (nSPS) is 12.0. The van der Waals surface area contributed by atoms with E-state index in [9.17, 15) is 9.18 Å². The van der Waals surface area contributed by atoms with Crippen LogP contribution in [-0.4, -0.2) is 5.91 Å². The molecule has 0 fully saturated rings. The molecule has 0 saturated carbocycles. The summed E-state index contributed by atoms with van der Waals surface area (Å²) >= 11 is 0. The van der Waals surface area contributed by atoms with Crippen LogP contribution in [0.4, 0.5) is 10.1 Å². The van der Waals surface area contributed by atoms with Crippen LogP contribution in [0.25, 0.3) is 0 Å². The van der Waals surface area contributed by atoms with Gasteiger partial charge in [-0.1, -0.05) is 18.2 Å². The summed E-state index contributed by atoms with van der Waals surface area (Å²) in [4.78, 5) is 11.8. The van der Waals surface area contributed by atoms with Crippen LogP contribution in [0.3, 0.4) is 0 Å². The number of rotatable bonds is 4. The average Bonchev–Trinajstić information content (AvgIpc) is 2.35. The number of carbonyl (C=O) groups is 1. The van der Waals surface area contributed by atoms with Crippen LogP contribution in [0.5, 0.6) is 0 Å². The number of benzene rings is 2. The van der Waals surface area contributed by atoms with Crippen molar-refractivity contribution < 1.29 is 9.18 Å². The maximum absolute atomic E-state index is 13.5. The Morgan fingerprint density at radius 1 is 1.14 bits per heavy atom. The highest BCUT2D eigenvalue weighted by Gasteiger charge is 2.21. The van der Waals surface area contributed by atoms with E-state index in [1.165, 1.54) is 12.1 Å². The number of nitrogens with one attached hydrogen (secondary N) is 1. The van der Waals surface area contributed by atoms with Gasteiger partial charge in [-0.05, 0) is 61.2 Å². The summed E-state index contributed by atoms with van der Waals surface area (Å²) in [7, 11) is 0. The smallest absolute Gasteiger partial charge is 0.244 e. The predicted octanol–water partition coefficient (Wildman–Crippen LogP) is 3.39. The molecular weight excluding hydrogens is 267 g/mol. The van der Waals surface area contributed by atoms with Crippen molar-refractivity contribution >= 4 is 11.6 Å². The van der Waals surface area contributed by atoms with E-state index in [1.54, 1.807) is 13.0 Å². The van der Waals surface area contributed by atoms with E-state index in [0.29, 0.717) is 5.69 Å². The third kappa shape index (κ3) is 3.40. The molecule has 4 heteroatoms. The molecule has 21 heavy (non-hydrogen) atoms. The van der Waals surface area contributed by atoms with Gasteiger partial charge in [0.15, 0.2) is 0 Å². The van der Waals surface area contributed by atoms with E-state index in [2.05, 4.69) is 5.32 Å². The highest BCUT2D eigenvalue weighted by Crippen LogP contribution is 2.26. The van der Waals surface area contributed by atoms with E-state index < -0.39 is 11.9 Å². The molecule has 0 aliphatic carbocycles. The van der Waals surface area contributed by atoms with Crippen LogP contribution in [-0.2, 0) is 4.79 Å². The number of primary amides is 1. The van der Waals surface area contributed by atoms with Crippen molar-refractivity contribution in [2.24, 2.45) is 5.73 Å². The number of anilines is 1. The lowest BCUT2D eigenvalue weighted by Crippen LogP contribution is -2.29. The van der Waals surface area contributed by atoms with E-state index in [-0.39, 0.29) is 5.82 Å². The Bertz CT molecular complexity index is 642. The molecule has 0 aliphatic rings. The van der Waals surface area contributed by atoms with Gasteiger partial charge < -0.3 is 11.1 Å². The molecule has 0 spiro atoms. The highest BCUT2D eigenvalue weighted by molar-refractivity contribution is 5.85. The maximum atomic E-state index is 13.5. The first-order chi connectivity index (χ1) is 9.88. The van der Waals surface area contributed by atoms with Crippen molar-refractivity contribution in [1.29, 1.82) is 0 Å². The first-order valence-electron chi connectivity index (χ1n) is 6.77. The molecule has 2 aromatic rings. The van der Waals surface area contributed by atoms with Crippen LogP contribution >= 0.6 is 0 Å². The van der Waals surface area contributed by atoms with Gasteiger partial charge in [0.1, 0.15) is 11.9 Å². The lowest BCUT2D eigenvalue weighted by atomic mass is 9.95. The summed E-state index contributed by atoms with van der Waals surface area (Å²) in [6, 6.07) is 9.67. The fourth-order valence-electron chi connectivity index (χ4n) is 2.55. The minimum Gasteiger partial charge on any atom is -0.370 e. The summed E-state index contributed by atoms with van der Waals surface area (Å²) < 4.78 is 13.5. The van der Waals surface area contributed by atoms with Crippen molar-refractivity contribution in [2.45, 2.75) is 26.8 Å². The topological polar surface area (TPSA) is 55.1 Å². The van der Waals surface area contributed by atoms with E-state index in [0.717, 1.165) is 22.3 Å². The molecule has 1 amide bonds. The van der Waals surface area contributed by atoms with Gasteiger partial charge >= 0.3 is 0 Å².